The van der Waals surface area contributed by atoms with Crippen LogP contribution in [-0.2, 0) is 20.1 Å². The number of hydrogen-bond donors (Lipinski definition) is 0. The Morgan fingerprint density at radius 1 is 1.25 bits per heavy atom. The maximum Gasteiger partial charge on any atom is 0.270 e. The van der Waals surface area contributed by atoms with Crippen LogP contribution in [0, 0.1) is 5.92 Å². The van der Waals surface area contributed by atoms with Gasteiger partial charge in [-0.05, 0) is 38.1 Å². The molecule has 1 unspecified atom stereocenters. The van der Waals surface area contributed by atoms with Gasteiger partial charge in [0.15, 0.2) is 0 Å². The number of imidazole rings is 1. The van der Waals surface area contributed by atoms with Crippen molar-refractivity contribution < 1.29 is 4.79 Å². The third kappa shape index (κ3) is 2.98. The van der Waals surface area contributed by atoms with Crippen LogP contribution in [0.1, 0.15) is 29.2 Å². The van der Waals surface area contributed by atoms with Gasteiger partial charge in [0, 0.05) is 51.2 Å². The molecule has 6 nitrogen and oxygen atoms in total. The minimum atomic E-state index is 0.102. The third-order valence-electron chi connectivity index (χ3n) is 5.23. The lowest BCUT2D eigenvalue weighted by Crippen LogP contribution is -2.39. The minimum absolute atomic E-state index is 0.102. The Bertz CT molecular complexity index is 713. The molecule has 0 N–H and O–H groups in total. The highest BCUT2D eigenvalue weighted by atomic mass is 16.2. The van der Waals surface area contributed by atoms with E-state index >= 15 is 0 Å². The van der Waals surface area contributed by atoms with E-state index in [9.17, 15) is 4.79 Å². The van der Waals surface area contributed by atoms with Crippen molar-refractivity contribution in [3.05, 3.63) is 42.2 Å². The molecular weight excluding hydrogens is 302 g/mol. The molecule has 2 aliphatic rings. The van der Waals surface area contributed by atoms with Gasteiger partial charge in [0.1, 0.15) is 11.5 Å². The highest BCUT2D eigenvalue weighted by Gasteiger charge is 2.28. The molecule has 1 amide bonds. The van der Waals surface area contributed by atoms with Crippen molar-refractivity contribution in [1.29, 1.82) is 0 Å². The molecule has 0 bridgehead atoms. The van der Waals surface area contributed by atoms with E-state index in [1.54, 1.807) is 0 Å². The van der Waals surface area contributed by atoms with Crippen LogP contribution in [0.4, 0.5) is 0 Å². The highest BCUT2D eigenvalue weighted by Crippen LogP contribution is 2.20. The molecule has 2 aliphatic heterocycles. The standard InChI is InChI=1S/C18H25N5O/c1-20-7-4-5-16(20)18(24)23-13-15(11-21-8-2-3-9-21)12-22-10-6-19-17(22)14-23/h4-7,10,15H,2-3,8-9,11-14H2,1H3. The van der Waals surface area contributed by atoms with E-state index in [0.29, 0.717) is 12.5 Å². The molecule has 128 valence electrons. The van der Waals surface area contributed by atoms with Gasteiger partial charge in [0.25, 0.3) is 5.91 Å². The molecule has 0 spiro atoms. The summed E-state index contributed by atoms with van der Waals surface area (Å²) >= 11 is 0. The van der Waals surface area contributed by atoms with Gasteiger partial charge in [-0.1, -0.05) is 0 Å². The van der Waals surface area contributed by atoms with Gasteiger partial charge in [-0.15, -0.1) is 0 Å². The average molecular weight is 327 g/mol. The van der Waals surface area contributed by atoms with E-state index in [1.807, 2.05) is 47.2 Å². The molecule has 24 heavy (non-hydrogen) atoms. The molecule has 0 aromatic carbocycles. The van der Waals surface area contributed by atoms with Crippen molar-refractivity contribution in [2.24, 2.45) is 13.0 Å². The summed E-state index contributed by atoms with van der Waals surface area (Å²) < 4.78 is 4.12. The Morgan fingerprint density at radius 2 is 2.08 bits per heavy atom. The minimum Gasteiger partial charge on any atom is -0.347 e. The summed E-state index contributed by atoms with van der Waals surface area (Å²) in [5.74, 6) is 1.54. The molecular formula is C18H25N5O. The Hall–Kier alpha value is -2.08. The predicted octanol–water partition coefficient (Wildman–Crippen LogP) is 1.59. The van der Waals surface area contributed by atoms with Crippen molar-refractivity contribution in [3.63, 3.8) is 0 Å². The maximum absolute atomic E-state index is 13.0. The normalized spacial score (nSPS) is 21.7. The number of hydrogen-bond acceptors (Lipinski definition) is 3. The average Bonchev–Trinajstić information content (AvgIpc) is 3.28. The number of aromatic nitrogens is 3. The van der Waals surface area contributed by atoms with Crippen LogP contribution < -0.4 is 0 Å². The summed E-state index contributed by atoms with van der Waals surface area (Å²) in [4.78, 5) is 22.0. The van der Waals surface area contributed by atoms with Gasteiger partial charge in [-0.2, -0.15) is 0 Å². The lowest BCUT2D eigenvalue weighted by Gasteiger charge is -2.27. The van der Waals surface area contributed by atoms with E-state index in [0.717, 1.165) is 31.2 Å². The van der Waals surface area contributed by atoms with Crippen molar-refractivity contribution in [1.82, 2.24) is 23.9 Å². The Balaban J connectivity index is 1.57. The molecule has 2 aromatic heterocycles. The number of amides is 1. The molecule has 0 radical (unpaired) electrons. The quantitative estimate of drug-likeness (QED) is 0.860. The van der Waals surface area contributed by atoms with Gasteiger partial charge < -0.3 is 18.9 Å². The van der Waals surface area contributed by atoms with Crippen LogP contribution >= 0.6 is 0 Å². The van der Waals surface area contributed by atoms with Gasteiger partial charge in [0.2, 0.25) is 0 Å². The Kier molecular flexibility index (Phi) is 4.14. The number of fused-ring (bicyclic) bond motifs is 1. The van der Waals surface area contributed by atoms with Gasteiger partial charge in [-0.3, -0.25) is 4.79 Å². The number of rotatable bonds is 3. The molecule has 2 aromatic rings. The van der Waals surface area contributed by atoms with E-state index in [1.165, 1.54) is 25.9 Å². The fourth-order valence-electron chi connectivity index (χ4n) is 3.99. The van der Waals surface area contributed by atoms with Gasteiger partial charge in [0.05, 0.1) is 6.54 Å². The maximum atomic E-state index is 13.0. The predicted molar refractivity (Wildman–Crippen MR) is 91.5 cm³/mol. The smallest absolute Gasteiger partial charge is 0.270 e. The molecule has 1 fully saturated rings. The fraction of sp³-hybridized carbons (Fsp3) is 0.556. The van der Waals surface area contributed by atoms with Crippen molar-refractivity contribution in [2.75, 3.05) is 26.2 Å². The summed E-state index contributed by atoms with van der Waals surface area (Å²) in [7, 11) is 1.92. The molecule has 1 saturated heterocycles. The molecule has 4 rings (SSSR count). The van der Waals surface area contributed by atoms with Crippen LogP contribution in [0.5, 0.6) is 0 Å². The van der Waals surface area contributed by atoms with Crippen molar-refractivity contribution in [2.45, 2.75) is 25.9 Å². The summed E-state index contributed by atoms with van der Waals surface area (Å²) in [5.41, 5.74) is 0.745. The second-order valence-electron chi connectivity index (χ2n) is 7.06. The first-order valence-electron chi connectivity index (χ1n) is 8.83. The number of nitrogens with zero attached hydrogens (tertiary/aromatic N) is 5. The highest BCUT2D eigenvalue weighted by molar-refractivity contribution is 5.92. The second-order valence-corrected chi connectivity index (χ2v) is 7.06. The van der Waals surface area contributed by atoms with Gasteiger partial charge in [-0.25, -0.2) is 4.98 Å². The van der Waals surface area contributed by atoms with E-state index in [-0.39, 0.29) is 5.91 Å². The zero-order valence-corrected chi connectivity index (χ0v) is 14.3. The van der Waals surface area contributed by atoms with Crippen LogP contribution in [0.3, 0.4) is 0 Å². The first-order chi connectivity index (χ1) is 11.7. The number of carbonyl (C=O) groups is 1. The number of carbonyl (C=O) groups excluding carboxylic acids is 1. The molecule has 6 heteroatoms. The SMILES string of the molecule is Cn1cccc1C(=O)N1Cc2nccn2CC(CN2CCCC2)C1. The zero-order valence-electron chi connectivity index (χ0n) is 14.3. The monoisotopic (exact) mass is 327 g/mol. The van der Waals surface area contributed by atoms with E-state index in [4.69, 9.17) is 0 Å². The Labute approximate surface area is 142 Å². The molecule has 1 atom stereocenters. The summed E-state index contributed by atoms with van der Waals surface area (Å²) in [6, 6.07) is 3.82. The van der Waals surface area contributed by atoms with Crippen LogP contribution in [0.2, 0.25) is 0 Å². The van der Waals surface area contributed by atoms with Crippen LogP contribution in [0.15, 0.2) is 30.7 Å². The molecule has 0 aliphatic carbocycles. The summed E-state index contributed by atoms with van der Waals surface area (Å²) in [6.45, 7) is 5.78. The lowest BCUT2D eigenvalue weighted by atomic mass is 10.1. The van der Waals surface area contributed by atoms with Crippen molar-refractivity contribution in [3.8, 4) is 0 Å². The lowest BCUT2D eigenvalue weighted by molar-refractivity contribution is 0.0697. The fourth-order valence-corrected chi connectivity index (χ4v) is 3.99. The zero-order chi connectivity index (χ0) is 16.5. The summed E-state index contributed by atoms with van der Waals surface area (Å²) in [6.07, 6.45) is 8.42. The van der Waals surface area contributed by atoms with E-state index < -0.39 is 0 Å². The summed E-state index contributed by atoms with van der Waals surface area (Å²) in [5, 5.41) is 0. The largest absolute Gasteiger partial charge is 0.347 e. The van der Waals surface area contributed by atoms with Gasteiger partial charge >= 0.3 is 0 Å². The third-order valence-corrected chi connectivity index (χ3v) is 5.23. The topological polar surface area (TPSA) is 46.3 Å². The Morgan fingerprint density at radius 3 is 2.83 bits per heavy atom. The number of likely N-dealkylation sites (tertiary alicyclic amines) is 1. The second kappa shape index (κ2) is 6.43. The number of aryl methyl sites for hydroxylation is 1. The first-order valence-corrected chi connectivity index (χ1v) is 8.83. The van der Waals surface area contributed by atoms with Crippen LogP contribution in [0.25, 0.3) is 0 Å². The molecule has 0 saturated carbocycles. The van der Waals surface area contributed by atoms with Crippen LogP contribution in [-0.4, -0.2) is 56.0 Å². The first kappa shape index (κ1) is 15.4. The van der Waals surface area contributed by atoms with E-state index in [2.05, 4.69) is 14.5 Å². The van der Waals surface area contributed by atoms with Crippen molar-refractivity contribution >= 4 is 5.91 Å². The molecule has 4 heterocycles.